The van der Waals surface area contributed by atoms with Gasteiger partial charge in [-0.2, -0.15) is 0 Å². The van der Waals surface area contributed by atoms with Gasteiger partial charge in [0.15, 0.2) is 11.5 Å². The monoisotopic (exact) mass is 496 g/mol. The first kappa shape index (κ1) is 25.5. The van der Waals surface area contributed by atoms with Gasteiger partial charge >= 0.3 is 0 Å². The zero-order chi connectivity index (χ0) is 25.7. The minimum Gasteiger partial charge on any atom is -0.507 e. The summed E-state index contributed by atoms with van der Waals surface area (Å²) in [7, 11) is 3.09. The third-order valence-corrected chi connectivity index (χ3v) is 6.47. The lowest BCUT2D eigenvalue weighted by molar-refractivity contribution is -0.140. The average molecular weight is 497 g/mol. The van der Waals surface area contributed by atoms with Gasteiger partial charge < -0.3 is 29.0 Å². The van der Waals surface area contributed by atoms with E-state index in [4.69, 9.17) is 18.9 Å². The Hall–Kier alpha value is -3.56. The second kappa shape index (κ2) is 11.5. The third-order valence-electron chi connectivity index (χ3n) is 6.47. The Morgan fingerprint density at radius 2 is 1.72 bits per heavy atom. The van der Waals surface area contributed by atoms with Crippen molar-refractivity contribution in [3.8, 4) is 17.2 Å². The molecule has 9 heteroatoms. The molecule has 2 aliphatic heterocycles. The highest BCUT2D eigenvalue weighted by Gasteiger charge is 2.46. The Bertz CT molecular complexity index is 1120. The van der Waals surface area contributed by atoms with Crippen molar-refractivity contribution in [3.05, 3.63) is 59.2 Å². The van der Waals surface area contributed by atoms with E-state index in [9.17, 15) is 14.7 Å². The number of aliphatic hydroxyl groups excluding tert-OH is 1. The zero-order valence-electron chi connectivity index (χ0n) is 20.9. The number of carbonyl (C=O) groups excluding carboxylic acids is 2. The molecule has 0 aliphatic carbocycles. The number of benzene rings is 2. The van der Waals surface area contributed by atoms with Gasteiger partial charge in [-0.1, -0.05) is 6.07 Å². The molecule has 4 rings (SSSR count). The molecular weight excluding hydrogens is 464 g/mol. The van der Waals surface area contributed by atoms with Crippen LogP contribution in [0.15, 0.2) is 48.0 Å². The number of rotatable bonds is 9. The maximum atomic E-state index is 13.3. The van der Waals surface area contributed by atoms with Crippen molar-refractivity contribution < 1.29 is 33.6 Å². The average Bonchev–Trinajstić information content (AvgIpc) is 3.17. The molecule has 1 N–H and O–H groups in total. The summed E-state index contributed by atoms with van der Waals surface area (Å²) in [5.74, 6) is 0.0640. The fraction of sp³-hybridized carbons (Fsp3) is 0.407. The summed E-state index contributed by atoms with van der Waals surface area (Å²) in [6.07, 6.45) is 0. The van der Waals surface area contributed by atoms with Gasteiger partial charge in [0.2, 0.25) is 0 Å². The molecule has 1 amide bonds. The number of likely N-dealkylation sites (tertiary alicyclic amines) is 1. The summed E-state index contributed by atoms with van der Waals surface area (Å²) in [4.78, 5) is 30.3. The molecule has 9 nitrogen and oxygen atoms in total. The van der Waals surface area contributed by atoms with Crippen LogP contribution in [0.2, 0.25) is 0 Å². The number of methoxy groups -OCH3 is 2. The summed E-state index contributed by atoms with van der Waals surface area (Å²) >= 11 is 0. The maximum absolute atomic E-state index is 13.3. The predicted octanol–water partition coefficient (Wildman–Crippen LogP) is 2.86. The Labute approximate surface area is 210 Å². The number of Topliss-reactive ketones (excluding diaryl/α,β-unsaturated/α-hetero) is 1. The molecule has 36 heavy (non-hydrogen) atoms. The Morgan fingerprint density at radius 1 is 1.00 bits per heavy atom. The number of hydrogen-bond donors (Lipinski definition) is 1. The number of hydrogen-bond acceptors (Lipinski definition) is 8. The molecule has 2 heterocycles. The van der Waals surface area contributed by atoms with Gasteiger partial charge in [0, 0.05) is 31.7 Å². The van der Waals surface area contributed by atoms with Crippen LogP contribution < -0.4 is 14.2 Å². The molecule has 1 atom stereocenters. The lowest BCUT2D eigenvalue weighted by Gasteiger charge is -2.31. The highest BCUT2D eigenvalue weighted by Crippen LogP contribution is 2.42. The number of ketones is 1. The number of carbonyl (C=O) groups is 2. The van der Waals surface area contributed by atoms with E-state index in [0.29, 0.717) is 61.3 Å². The molecule has 2 aromatic carbocycles. The van der Waals surface area contributed by atoms with E-state index in [1.54, 1.807) is 49.6 Å². The highest BCUT2D eigenvalue weighted by molar-refractivity contribution is 6.46. The molecule has 2 fully saturated rings. The summed E-state index contributed by atoms with van der Waals surface area (Å²) in [6.45, 7) is 6.04. The van der Waals surface area contributed by atoms with E-state index in [0.717, 1.165) is 13.1 Å². The van der Waals surface area contributed by atoms with E-state index in [1.807, 2.05) is 6.92 Å². The van der Waals surface area contributed by atoms with Crippen molar-refractivity contribution in [2.45, 2.75) is 13.0 Å². The summed E-state index contributed by atoms with van der Waals surface area (Å²) in [6, 6.07) is 11.2. The molecule has 0 spiro atoms. The van der Waals surface area contributed by atoms with Crippen LogP contribution in [-0.2, 0) is 14.3 Å². The largest absolute Gasteiger partial charge is 0.507 e. The first-order chi connectivity index (χ1) is 17.5. The Morgan fingerprint density at radius 3 is 2.36 bits per heavy atom. The highest BCUT2D eigenvalue weighted by atomic mass is 16.5. The number of amides is 1. The summed E-state index contributed by atoms with van der Waals surface area (Å²) in [5, 5.41) is 11.3. The number of aliphatic hydroxyl groups is 1. The zero-order valence-corrected chi connectivity index (χ0v) is 20.9. The van der Waals surface area contributed by atoms with Gasteiger partial charge in [0.25, 0.3) is 11.7 Å². The van der Waals surface area contributed by atoms with Crippen LogP contribution in [0.4, 0.5) is 0 Å². The second-order valence-electron chi connectivity index (χ2n) is 8.52. The minimum atomic E-state index is -0.780. The summed E-state index contributed by atoms with van der Waals surface area (Å²) < 4.78 is 21.8. The topological polar surface area (TPSA) is 97.8 Å². The minimum absolute atomic E-state index is 0.0401. The summed E-state index contributed by atoms with van der Waals surface area (Å²) in [5.41, 5.74) is 1.11. The number of nitrogens with zero attached hydrogens (tertiary/aromatic N) is 2. The van der Waals surface area contributed by atoms with Crippen molar-refractivity contribution in [1.29, 1.82) is 0 Å². The third kappa shape index (κ3) is 5.17. The smallest absolute Gasteiger partial charge is 0.295 e. The van der Waals surface area contributed by atoms with Crippen LogP contribution >= 0.6 is 0 Å². The van der Waals surface area contributed by atoms with Gasteiger partial charge in [-0.3, -0.25) is 14.5 Å². The van der Waals surface area contributed by atoms with Gasteiger partial charge in [-0.05, 0) is 48.9 Å². The van der Waals surface area contributed by atoms with Crippen molar-refractivity contribution in [3.63, 3.8) is 0 Å². The van der Waals surface area contributed by atoms with Gasteiger partial charge in [-0.15, -0.1) is 0 Å². The number of ether oxygens (including phenoxy) is 4. The van der Waals surface area contributed by atoms with Crippen LogP contribution in [-0.4, -0.2) is 86.8 Å². The lowest BCUT2D eigenvalue weighted by Crippen LogP contribution is -2.42. The second-order valence-corrected chi connectivity index (χ2v) is 8.52. The van der Waals surface area contributed by atoms with Crippen molar-refractivity contribution in [2.24, 2.45) is 0 Å². The van der Waals surface area contributed by atoms with Gasteiger partial charge in [-0.25, -0.2) is 0 Å². The predicted molar refractivity (Wildman–Crippen MR) is 133 cm³/mol. The molecule has 192 valence electrons. The fourth-order valence-electron chi connectivity index (χ4n) is 4.56. The van der Waals surface area contributed by atoms with Crippen molar-refractivity contribution >= 4 is 17.4 Å². The van der Waals surface area contributed by atoms with Crippen LogP contribution in [0.3, 0.4) is 0 Å². The lowest BCUT2D eigenvalue weighted by atomic mass is 9.95. The molecule has 2 aliphatic rings. The standard InChI is InChI=1S/C27H32N2O7/c1-4-36-21-10-7-19(17-22(21)34-3)24-23(25(30)18-5-8-20(33-2)9-6-18)26(31)27(32)29(24)12-11-28-13-15-35-16-14-28/h5-10,17,24,30H,4,11-16H2,1-3H3/t24-/m0/s1. The molecule has 0 aromatic heterocycles. The quantitative estimate of drug-likeness (QED) is 0.322. The van der Waals surface area contributed by atoms with Crippen LogP contribution in [0.1, 0.15) is 24.1 Å². The molecular formula is C27H32N2O7. The van der Waals surface area contributed by atoms with Gasteiger partial charge in [0.1, 0.15) is 11.5 Å². The molecule has 0 saturated carbocycles. The first-order valence-corrected chi connectivity index (χ1v) is 12.0. The van der Waals surface area contributed by atoms with Crippen molar-refractivity contribution in [1.82, 2.24) is 9.80 Å². The van der Waals surface area contributed by atoms with Crippen LogP contribution in [0.5, 0.6) is 17.2 Å². The fourth-order valence-corrected chi connectivity index (χ4v) is 4.56. The van der Waals surface area contributed by atoms with Crippen molar-refractivity contribution in [2.75, 3.05) is 60.2 Å². The van der Waals surface area contributed by atoms with E-state index < -0.39 is 17.7 Å². The Kier molecular flexibility index (Phi) is 8.12. The molecule has 2 aromatic rings. The van der Waals surface area contributed by atoms with E-state index in [2.05, 4.69) is 4.90 Å². The van der Waals surface area contributed by atoms with E-state index >= 15 is 0 Å². The number of morpholine rings is 1. The molecule has 2 saturated heterocycles. The molecule has 0 radical (unpaired) electrons. The molecule has 0 bridgehead atoms. The van der Waals surface area contributed by atoms with E-state index in [-0.39, 0.29) is 11.3 Å². The van der Waals surface area contributed by atoms with Crippen LogP contribution in [0.25, 0.3) is 5.76 Å². The van der Waals surface area contributed by atoms with Gasteiger partial charge in [0.05, 0.1) is 45.7 Å². The normalized spacial score (nSPS) is 20.0. The van der Waals surface area contributed by atoms with E-state index in [1.165, 1.54) is 12.0 Å². The molecule has 0 unspecified atom stereocenters. The van der Waals surface area contributed by atoms with Crippen LogP contribution in [0, 0.1) is 0 Å². The first-order valence-electron chi connectivity index (χ1n) is 12.0. The SMILES string of the molecule is CCOc1ccc([C@H]2C(=C(O)c3ccc(OC)cc3)C(=O)C(=O)N2CCN2CCOCC2)cc1OC. The maximum Gasteiger partial charge on any atom is 0.295 e. The Balaban J connectivity index is 1.76.